The van der Waals surface area contributed by atoms with E-state index in [2.05, 4.69) is 56.4 Å². The summed E-state index contributed by atoms with van der Waals surface area (Å²) < 4.78 is 0. The summed E-state index contributed by atoms with van der Waals surface area (Å²) in [4.78, 5) is 0. The number of hydrogen-bond donors (Lipinski definition) is 1. The lowest BCUT2D eigenvalue weighted by molar-refractivity contribution is 0.337. The summed E-state index contributed by atoms with van der Waals surface area (Å²) in [5, 5.41) is 4.53. The van der Waals surface area contributed by atoms with Crippen LogP contribution in [0.4, 0.5) is 5.69 Å². The highest BCUT2D eigenvalue weighted by Crippen LogP contribution is 2.47. The fraction of sp³-hybridized carbons (Fsp3) is 0.333. The van der Waals surface area contributed by atoms with Crippen molar-refractivity contribution in [3.63, 3.8) is 0 Å². The number of fused-ring (bicyclic) bond motifs is 1. The summed E-state index contributed by atoms with van der Waals surface area (Å²) in [6, 6.07) is 15.1. The molecule has 1 atom stereocenters. The van der Waals surface area contributed by atoms with Crippen molar-refractivity contribution >= 4 is 17.3 Å². The van der Waals surface area contributed by atoms with Gasteiger partial charge in [-0.3, -0.25) is 0 Å². The molecular formula is C18H20ClN. The molecule has 2 aromatic carbocycles. The largest absolute Gasteiger partial charge is 0.377 e. The molecule has 0 bridgehead atoms. The third kappa shape index (κ3) is 2.20. The summed E-state index contributed by atoms with van der Waals surface area (Å²) in [6.07, 6.45) is 1.11. The van der Waals surface area contributed by atoms with Crippen LogP contribution in [0.25, 0.3) is 0 Å². The first kappa shape index (κ1) is 13.5. The molecule has 0 spiro atoms. The van der Waals surface area contributed by atoms with Gasteiger partial charge in [0, 0.05) is 10.7 Å². The summed E-state index contributed by atoms with van der Waals surface area (Å²) in [5.74, 6) is 0. The molecule has 2 aromatic rings. The number of rotatable bonds is 2. The standard InChI is InChI=1S/C18H20ClN/c1-12-15(19)9-6-10-16(12)20-17-14-8-5-4-7-13(14)11-18(17,2)3/h4-10,17,20H,11H2,1-3H3. The van der Waals surface area contributed by atoms with Crippen LogP contribution in [0, 0.1) is 12.3 Å². The minimum atomic E-state index is 0.207. The number of halogens is 1. The first-order valence-electron chi connectivity index (χ1n) is 7.08. The molecule has 0 amide bonds. The molecule has 0 saturated carbocycles. The van der Waals surface area contributed by atoms with E-state index in [1.807, 2.05) is 12.1 Å². The van der Waals surface area contributed by atoms with Crippen LogP contribution >= 0.6 is 11.6 Å². The molecule has 1 unspecified atom stereocenters. The van der Waals surface area contributed by atoms with Crippen molar-refractivity contribution in [3.8, 4) is 0 Å². The summed E-state index contributed by atoms with van der Waals surface area (Å²) in [5.41, 5.74) is 5.33. The van der Waals surface area contributed by atoms with E-state index in [0.717, 1.165) is 22.7 Å². The highest BCUT2D eigenvalue weighted by Gasteiger charge is 2.38. The van der Waals surface area contributed by atoms with Crippen molar-refractivity contribution in [2.75, 3.05) is 5.32 Å². The lowest BCUT2D eigenvalue weighted by Gasteiger charge is -2.30. The van der Waals surface area contributed by atoms with Gasteiger partial charge in [0.25, 0.3) is 0 Å². The Labute approximate surface area is 126 Å². The van der Waals surface area contributed by atoms with Crippen LogP contribution in [0.2, 0.25) is 5.02 Å². The molecule has 2 heteroatoms. The van der Waals surface area contributed by atoms with Gasteiger partial charge in [0.15, 0.2) is 0 Å². The second kappa shape index (κ2) is 4.82. The van der Waals surface area contributed by atoms with Crippen LogP contribution < -0.4 is 5.32 Å². The van der Waals surface area contributed by atoms with E-state index >= 15 is 0 Å². The van der Waals surface area contributed by atoms with E-state index in [4.69, 9.17) is 11.6 Å². The number of hydrogen-bond acceptors (Lipinski definition) is 1. The van der Waals surface area contributed by atoms with E-state index in [-0.39, 0.29) is 5.41 Å². The summed E-state index contributed by atoms with van der Waals surface area (Å²) in [6.45, 7) is 6.72. The van der Waals surface area contributed by atoms with Gasteiger partial charge < -0.3 is 5.32 Å². The second-order valence-electron chi connectivity index (χ2n) is 6.35. The molecule has 104 valence electrons. The topological polar surface area (TPSA) is 12.0 Å². The predicted molar refractivity (Wildman–Crippen MR) is 86.5 cm³/mol. The van der Waals surface area contributed by atoms with Crippen LogP contribution in [-0.2, 0) is 6.42 Å². The van der Waals surface area contributed by atoms with E-state index in [9.17, 15) is 0 Å². The molecule has 3 rings (SSSR count). The van der Waals surface area contributed by atoms with Gasteiger partial charge in [0.2, 0.25) is 0 Å². The van der Waals surface area contributed by atoms with Gasteiger partial charge >= 0.3 is 0 Å². The Kier molecular flexibility index (Phi) is 3.25. The molecule has 20 heavy (non-hydrogen) atoms. The van der Waals surface area contributed by atoms with Crippen molar-refractivity contribution in [2.45, 2.75) is 33.2 Å². The zero-order chi connectivity index (χ0) is 14.3. The average Bonchev–Trinajstić information content (AvgIpc) is 2.66. The van der Waals surface area contributed by atoms with E-state index in [1.165, 1.54) is 11.1 Å². The van der Waals surface area contributed by atoms with Crippen LogP contribution in [0.5, 0.6) is 0 Å². The Morgan fingerprint density at radius 3 is 2.65 bits per heavy atom. The fourth-order valence-corrected chi connectivity index (χ4v) is 3.36. The number of anilines is 1. The monoisotopic (exact) mass is 285 g/mol. The van der Waals surface area contributed by atoms with Gasteiger partial charge in [-0.05, 0) is 47.6 Å². The van der Waals surface area contributed by atoms with E-state index < -0.39 is 0 Å². The lowest BCUT2D eigenvalue weighted by Crippen LogP contribution is -2.24. The van der Waals surface area contributed by atoms with E-state index in [1.54, 1.807) is 0 Å². The van der Waals surface area contributed by atoms with Gasteiger partial charge in [0.1, 0.15) is 0 Å². The van der Waals surface area contributed by atoms with E-state index in [0.29, 0.717) is 6.04 Å². The van der Waals surface area contributed by atoms with Crippen LogP contribution in [0.3, 0.4) is 0 Å². The first-order valence-corrected chi connectivity index (χ1v) is 7.46. The van der Waals surface area contributed by atoms with Gasteiger partial charge in [0.05, 0.1) is 6.04 Å². The summed E-state index contributed by atoms with van der Waals surface area (Å²) in [7, 11) is 0. The Hall–Kier alpha value is -1.47. The molecule has 1 aliphatic rings. The SMILES string of the molecule is Cc1c(Cl)cccc1NC1c2ccccc2CC1(C)C. The minimum Gasteiger partial charge on any atom is -0.377 e. The lowest BCUT2D eigenvalue weighted by atomic mass is 9.85. The molecule has 1 N–H and O–H groups in total. The van der Waals surface area contributed by atoms with Gasteiger partial charge in [-0.2, -0.15) is 0 Å². The quantitative estimate of drug-likeness (QED) is 0.781. The predicted octanol–water partition coefficient (Wildman–Crippen LogP) is 5.38. The van der Waals surface area contributed by atoms with Crippen LogP contribution in [0.15, 0.2) is 42.5 Å². The van der Waals surface area contributed by atoms with Crippen LogP contribution in [-0.4, -0.2) is 0 Å². The van der Waals surface area contributed by atoms with Crippen molar-refractivity contribution < 1.29 is 0 Å². The molecule has 0 saturated heterocycles. The maximum Gasteiger partial charge on any atom is 0.0570 e. The second-order valence-corrected chi connectivity index (χ2v) is 6.76. The summed E-state index contributed by atoms with van der Waals surface area (Å²) >= 11 is 6.23. The fourth-order valence-electron chi connectivity index (χ4n) is 3.18. The molecule has 0 radical (unpaired) electrons. The Bertz CT molecular complexity index is 646. The van der Waals surface area contributed by atoms with Gasteiger partial charge in [-0.25, -0.2) is 0 Å². The van der Waals surface area contributed by atoms with Crippen molar-refractivity contribution in [1.29, 1.82) is 0 Å². The van der Waals surface area contributed by atoms with Crippen molar-refractivity contribution in [3.05, 3.63) is 64.2 Å². The average molecular weight is 286 g/mol. The third-order valence-corrected chi connectivity index (χ3v) is 4.77. The molecule has 0 fully saturated rings. The Balaban J connectivity index is 1.99. The molecule has 0 aliphatic heterocycles. The number of benzene rings is 2. The smallest absolute Gasteiger partial charge is 0.0570 e. The maximum absolute atomic E-state index is 6.23. The normalized spacial score (nSPS) is 19.7. The minimum absolute atomic E-state index is 0.207. The van der Waals surface area contributed by atoms with Crippen molar-refractivity contribution in [2.24, 2.45) is 5.41 Å². The molecule has 0 heterocycles. The van der Waals surface area contributed by atoms with Crippen molar-refractivity contribution in [1.82, 2.24) is 0 Å². The molecule has 0 aromatic heterocycles. The zero-order valence-corrected chi connectivity index (χ0v) is 13.0. The molecular weight excluding hydrogens is 266 g/mol. The van der Waals surface area contributed by atoms with Crippen LogP contribution in [0.1, 0.15) is 36.6 Å². The Morgan fingerprint density at radius 2 is 1.85 bits per heavy atom. The zero-order valence-electron chi connectivity index (χ0n) is 12.2. The maximum atomic E-state index is 6.23. The van der Waals surface area contributed by atoms with Gasteiger partial charge in [-0.1, -0.05) is 55.8 Å². The first-order chi connectivity index (χ1) is 9.49. The number of nitrogens with one attached hydrogen (secondary N) is 1. The highest BCUT2D eigenvalue weighted by atomic mass is 35.5. The highest BCUT2D eigenvalue weighted by molar-refractivity contribution is 6.31. The molecule has 1 nitrogen and oxygen atoms in total. The van der Waals surface area contributed by atoms with Gasteiger partial charge in [-0.15, -0.1) is 0 Å². The Morgan fingerprint density at radius 1 is 1.10 bits per heavy atom. The third-order valence-electron chi connectivity index (χ3n) is 4.36. The molecule has 1 aliphatic carbocycles.